The molecule has 2 rings (SSSR count). The van der Waals surface area contributed by atoms with Crippen molar-refractivity contribution in [3.63, 3.8) is 0 Å². The molecule has 0 saturated heterocycles. The number of benzene rings is 2. The molecule has 0 unspecified atom stereocenters. The Morgan fingerprint density at radius 1 is 1.10 bits per heavy atom. The van der Waals surface area contributed by atoms with E-state index in [0.717, 1.165) is 40.7 Å². The van der Waals surface area contributed by atoms with Gasteiger partial charge in [0, 0.05) is 19.1 Å². The van der Waals surface area contributed by atoms with Gasteiger partial charge in [-0.1, -0.05) is 11.6 Å². The van der Waals surface area contributed by atoms with Crippen molar-refractivity contribution in [2.45, 2.75) is 6.18 Å². The van der Waals surface area contributed by atoms with Gasteiger partial charge in [-0.3, -0.25) is 4.79 Å². The zero-order valence-corrected chi connectivity index (χ0v) is 16.7. The number of hydrogen-bond acceptors (Lipinski definition) is 3. The number of carbonyl (C=O) groups is 1. The van der Waals surface area contributed by atoms with Crippen molar-refractivity contribution in [1.82, 2.24) is 4.31 Å². The van der Waals surface area contributed by atoms with Crippen molar-refractivity contribution in [3.05, 3.63) is 58.9 Å². The molecule has 0 heterocycles. The monoisotopic (exact) mass is 453 g/mol. The first-order valence-corrected chi connectivity index (χ1v) is 9.72. The summed E-state index contributed by atoms with van der Waals surface area (Å²) in [6.45, 7) is -0.841. The number of hydrogen-bond donors (Lipinski definition) is 1. The van der Waals surface area contributed by atoms with Crippen LogP contribution in [0.5, 0.6) is 0 Å². The Balaban J connectivity index is 2.36. The first-order chi connectivity index (χ1) is 13.3. The van der Waals surface area contributed by atoms with E-state index in [1.807, 2.05) is 0 Å². The minimum Gasteiger partial charge on any atom is -0.324 e. The van der Waals surface area contributed by atoms with Gasteiger partial charge in [-0.2, -0.15) is 25.9 Å². The smallest absolute Gasteiger partial charge is 0.324 e. The molecule has 0 radical (unpaired) electrons. The fourth-order valence-corrected chi connectivity index (χ4v) is 3.53. The van der Waals surface area contributed by atoms with Gasteiger partial charge in [0.1, 0.15) is 12.4 Å². The number of nitrogens with one attached hydrogen (secondary N) is 1. The van der Waals surface area contributed by atoms with Crippen molar-refractivity contribution < 1.29 is 30.8 Å². The van der Waals surface area contributed by atoms with Gasteiger partial charge in [-0.25, -0.2) is 8.70 Å². The van der Waals surface area contributed by atoms with E-state index in [1.165, 1.54) is 14.1 Å². The molecule has 0 saturated carbocycles. The summed E-state index contributed by atoms with van der Waals surface area (Å²) >= 11 is 5.59. The van der Waals surface area contributed by atoms with E-state index in [0.29, 0.717) is 10.4 Å². The number of alkyl halides is 3. The Bertz CT molecular complexity index is 996. The fraction of sp³-hybridized carbons (Fsp3) is 0.235. The van der Waals surface area contributed by atoms with Gasteiger partial charge in [0.15, 0.2) is 0 Å². The van der Waals surface area contributed by atoms with Gasteiger partial charge in [-0.05, 0) is 42.5 Å². The molecule has 12 heteroatoms. The highest BCUT2D eigenvalue weighted by atomic mass is 35.5. The second kappa shape index (κ2) is 8.56. The predicted octanol–water partition coefficient (Wildman–Crippen LogP) is 3.75. The van der Waals surface area contributed by atoms with Crippen LogP contribution in [0.15, 0.2) is 42.5 Å². The summed E-state index contributed by atoms with van der Waals surface area (Å²) in [5.41, 5.74) is -1.79. The maximum atomic E-state index is 13.2. The number of rotatable bonds is 6. The van der Waals surface area contributed by atoms with Crippen molar-refractivity contribution in [2.24, 2.45) is 0 Å². The van der Waals surface area contributed by atoms with E-state index in [1.54, 1.807) is 0 Å². The van der Waals surface area contributed by atoms with Crippen LogP contribution in [0, 0.1) is 5.82 Å². The Morgan fingerprint density at radius 3 is 2.21 bits per heavy atom. The average Bonchev–Trinajstić information content (AvgIpc) is 2.61. The number of amides is 1. The maximum Gasteiger partial charge on any atom is 0.418 e. The standard InChI is InChI=1S/C17H16ClF4N3O3S/c1-24(2)29(27,28)25(13-6-4-12(19)5-7-13)10-16(26)23-15-8-3-11(18)9-14(15)17(20,21)22/h3-9H,10H2,1-2H3,(H,23,26). The van der Waals surface area contributed by atoms with Crippen LogP contribution in [-0.2, 0) is 21.2 Å². The molecule has 158 valence electrons. The molecule has 1 N–H and O–H groups in total. The van der Waals surface area contributed by atoms with E-state index >= 15 is 0 Å². The summed E-state index contributed by atoms with van der Waals surface area (Å²) in [6, 6.07) is 7.01. The Labute approximate surface area is 169 Å². The molecule has 29 heavy (non-hydrogen) atoms. The molecule has 0 spiro atoms. The minimum absolute atomic E-state index is 0.0394. The lowest BCUT2D eigenvalue weighted by Gasteiger charge is -2.27. The SMILES string of the molecule is CN(C)S(=O)(=O)N(CC(=O)Nc1ccc(Cl)cc1C(F)(F)F)c1ccc(F)cc1. The van der Waals surface area contributed by atoms with Crippen LogP contribution >= 0.6 is 11.6 Å². The summed E-state index contributed by atoms with van der Waals surface area (Å²) < 4.78 is 79.3. The van der Waals surface area contributed by atoms with Gasteiger partial charge in [0.05, 0.1) is 16.9 Å². The maximum absolute atomic E-state index is 13.2. The predicted molar refractivity (Wildman–Crippen MR) is 101 cm³/mol. The van der Waals surface area contributed by atoms with Crippen LogP contribution in [0.2, 0.25) is 5.02 Å². The van der Waals surface area contributed by atoms with E-state index in [9.17, 15) is 30.8 Å². The summed E-state index contributed by atoms with van der Waals surface area (Å²) in [4.78, 5) is 12.4. The number of carbonyl (C=O) groups excluding carboxylic acids is 1. The fourth-order valence-electron chi connectivity index (χ4n) is 2.29. The molecule has 0 aliphatic heterocycles. The number of halogens is 5. The molecule has 2 aromatic rings. The molecule has 0 atom stereocenters. The summed E-state index contributed by atoms with van der Waals surface area (Å²) in [6.07, 6.45) is -4.79. The van der Waals surface area contributed by atoms with Crippen LogP contribution < -0.4 is 9.62 Å². The summed E-state index contributed by atoms with van der Waals surface area (Å²) in [5, 5.41) is 1.87. The first kappa shape index (κ1) is 22.9. The molecule has 0 aliphatic rings. The molecule has 0 bridgehead atoms. The van der Waals surface area contributed by atoms with Gasteiger partial charge < -0.3 is 5.32 Å². The third kappa shape index (κ3) is 5.58. The van der Waals surface area contributed by atoms with Crippen molar-refractivity contribution in [1.29, 1.82) is 0 Å². The molecular formula is C17H16ClF4N3O3S. The van der Waals surface area contributed by atoms with Gasteiger partial charge in [-0.15, -0.1) is 0 Å². The van der Waals surface area contributed by atoms with E-state index in [-0.39, 0.29) is 10.7 Å². The van der Waals surface area contributed by atoms with Crippen molar-refractivity contribution in [3.8, 4) is 0 Å². The van der Waals surface area contributed by atoms with Crippen molar-refractivity contribution >= 4 is 39.1 Å². The van der Waals surface area contributed by atoms with Crippen LogP contribution in [0.4, 0.5) is 28.9 Å². The summed E-state index contributed by atoms with van der Waals surface area (Å²) in [7, 11) is -1.77. The first-order valence-electron chi connectivity index (χ1n) is 7.94. The van der Waals surface area contributed by atoms with Gasteiger partial charge in [0.2, 0.25) is 5.91 Å². The lowest BCUT2D eigenvalue weighted by molar-refractivity contribution is -0.137. The lowest BCUT2D eigenvalue weighted by atomic mass is 10.1. The zero-order valence-electron chi connectivity index (χ0n) is 15.2. The number of anilines is 2. The molecule has 0 aliphatic carbocycles. The second-order valence-electron chi connectivity index (χ2n) is 6.01. The molecule has 0 aromatic heterocycles. The van der Waals surface area contributed by atoms with Crippen LogP contribution in [0.1, 0.15) is 5.56 Å². The quantitative estimate of drug-likeness (QED) is 0.677. The van der Waals surface area contributed by atoms with Crippen LogP contribution in [-0.4, -0.2) is 39.3 Å². The Kier molecular flexibility index (Phi) is 6.76. The lowest BCUT2D eigenvalue weighted by Crippen LogP contribution is -2.44. The molecule has 0 fully saturated rings. The summed E-state index contributed by atoms with van der Waals surface area (Å²) in [5.74, 6) is -1.66. The van der Waals surface area contributed by atoms with Gasteiger partial charge in [0.25, 0.3) is 0 Å². The molecular weight excluding hydrogens is 438 g/mol. The van der Waals surface area contributed by atoms with Crippen molar-refractivity contribution in [2.75, 3.05) is 30.3 Å². The Hall–Kier alpha value is -2.37. The third-order valence-corrected chi connectivity index (χ3v) is 5.76. The highest BCUT2D eigenvalue weighted by Crippen LogP contribution is 2.36. The second-order valence-corrected chi connectivity index (χ2v) is 8.51. The molecule has 6 nitrogen and oxygen atoms in total. The third-order valence-electron chi connectivity index (χ3n) is 3.70. The minimum atomic E-state index is -4.79. The number of nitrogens with zero attached hydrogens (tertiary/aromatic N) is 2. The average molecular weight is 454 g/mol. The molecule has 1 amide bonds. The van der Waals surface area contributed by atoms with E-state index in [4.69, 9.17) is 11.6 Å². The highest BCUT2D eigenvalue weighted by molar-refractivity contribution is 7.90. The van der Waals surface area contributed by atoms with E-state index < -0.39 is 45.9 Å². The highest BCUT2D eigenvalue weighted by Gasteiger charge is 2.35. The zero-order chi connectivity index (χ0) is 22.0. The topological polar surface area (TPSA) is 69.7 Å². The van der Waals surface area contributed by atoms with Crippen LogP contribution in [0.25, 0.3) is 0 Å². The molecule has 2 aromatic carbocycles. The Morgan fingerprint density at radius 2 is 1.69 bits per heavy atom. The normalized spacial score (nSPS) is 12.1. The van der Waals surface area contributed by atoms with E-state index in [2.05, 4.69) is 5.32 Å². The van der Waals surface area contributed by atoms with Crippen LogP contribution in [0.3, 0.4) is 0 Å². The largest absolute Gasteiger partial charge is 0.418 e. The van der Waals surface area contributed by atoms with Gasteiger partial charge >= 0.3 is 16.4 Å².